The molecule has 1 saturated heterocycles. The summed E-state index contributed by atoms with van der Waals surface area (Å²) >= 11 is 0. The second kappa shape index (κ2) is 7.22. The molecule has 5 nitrogen and oxygen atoms in total. The molecule has 0 bridgehead atoms. The number of carbonyl (C=O) groups excluding carboxylic acids is 2. The Kier molecular flexibility index (Phi) is 5.33. The predicted molar refractivity (Wildman–Crippen MR) is 81.2 cm³/mol. The summed E-state index contributed by atoms with van der Waals surface area (Å²) in [6.07, 6.45) is 2.92. The molecule has 1 aromatic carbocycles. The van der Waals surface area contributed by atoms with Crippen molar-refractivity contribution in [2.75, 3.05) is 13.1 Å². The zero-order valence-corrected chi connectivity index (χ0v) is 12.2. The first-order valence-corrected chi connectivity index (χ1v) is 7.43. The Balaban J connectivity index is 1.80. The molecule has 0 spiro atoms. The van der Waals surface area contributed by atoms with E-state index in [0.29, 0.717) is 19.0 Å². The topological polar surface area (TPSA) is 89.4 Å². The van der Waals surface area contributed by atoms with Crippen LogP contribution in [0.4, 0.5) is 0 Å². The Morgan fingerprint density at radius 1 is 1.19 bits per heavy atom. The van der Waals surface area contributed by atoms with Gasteiger partial charge in [0.05, 0.1) is 12.5 Å². The highest BCUT2D eigenvalue weighted by atomic mass is 16.2. The van der Waals surface area contributed by atoms with Gasteiger partial charge in [-0.05, 0) is 30.7 Å². The van der Waals surface area contributed by atoms with Crippen LogP contribution in [0.5, 0.6) is 0 Å². The van der Waals surface area contributed by atoms with Crippen molar-refractivity contribution in [3.05, 3.63) is 35.9 Å². The summed E-state index contributed by atoms with van der Waals surface area (Å²) in [5, 5.41) is 0. The van der Waals surface area contributed by atoms with Crippen LogP contribution in [0.25, 0.3) is 0 Å². The molecule has 21 heavy (non-hydrogen) atoms. The molecular weight excluding hydrogens is 266 g/mol. The second-order valence-corrected chi connectivity index (χ2v) is 5.74. The summed E-state index contributed by atoms with van der Waals surface area (Å²) in [6.45, 7) is 1.42. The van der Waals surface area contributed by atoms with Gasteiger partial charge in [-0.3, -0.25) is 9.59 Å². The van der Waals surface area contributed by atoms with E-state index in [1.165, 1.54) is 5.56 Å². The highest BCUT2D eigenvalue weighted by Gasteiger charge is 2.27. The molecule has 1 aliphatic rings. The van der Waals surface area contributed by atoms with Crippen molar-refractivity contribution < 1.29 is 9.59 Å². The first-order chi connectivity index (χ1) is 10.1. The summed E-state index contributed by atoms with van der Waals surface area (Å²) in [7, 11) is 0. The van der Waals surface area contributed by atoms with Crippen LogP contribution in [0, 0.1) is 5.92 Å². The van der Waals surface area contributed by atoms with Gasteiger partial charge in [0, 0.05) is 13.1 Å². The summed E-state index contributed by atoms with van der Waals surface area (Å²) < 4.78 is 0. The molecule has 2 rings (SSSR count). The van der Waals surface area contributed by atoms with E-state index in [0.717, 1.165) is 19.3 Å². The number of carbonyl (C=O) groups is 2. The Hall–Kier alpha value is -1.88. The molecule has 0 radical (unpaired) electrons. The van der Waals surface area contributed by atoms with Gasteiger partial charge < -0.3 is 16.4 Å². The van der Waals surface area contributed by atoms with Crippen LogP contribution < -0.4 is 11.5 Å². The smallest absolute Gasteiger partial charge is 0.240 e. The van der Waals surface area contributed by atoms with Gasteiger partial charge in [-0.2, -0.15) is 0 Å². The van der Waals surface area contributed by atoms with Gasteiger partial charge in [-0.15, -0.1) is 0 Å². The summed E-state index contributed by atoms with van der Waals surface area (Å²) in [4.78, 5) is 24.7. The maximum atomic E-state index is 12.1. The quantitative estimate of drug-likeness (QED) is 0.835. The number of rotatable bonds is 5. The van der Waals surface area contributed by atoms with Crippen LogP contribution in [-0.4, -0.2) is 35.8 Å². The molecule has 0 saturated carbocycles. The molecule has 1 fully saturated rings. The van der Waals surface area contributed by atoms with Crippen molar-refractivity contribution in [1.82, 2.24) is 4.90 Å². The van der Waals surface area contributed by atoms with Gasteiger partial charge in [0.25, 0.3) is 0 Å². The van der Waals surface area contributed by atoms with Crippen molar-refractivity contribution in [1.29, 1.82) is 0 Å². The molecule has 1 aromatic rings. The standard InChI is InChI=1S/C16H23N3O2/c17-14(11-15(18)20)16(21)19-8-6-13(7-9-19)10-12-4-2-1-3-5-12/h1-5,13-14H,6-11,17H2,(H2,18,20). The van der Waals surface area contributed by atoms with Crippen molar-refractivity contribution in [2.24, 2.45) is 17.4 Å². The zero-order chi connectivity index (χ0) is 15.2. The largest absolute Gasteiger partial charge is 0.370 e. The third-order valence-electron chi connectivity index (χ3n) is 4.03. The molecule has 1 unspecified atom stereocenters. The lowest BCUT2D eigenvalue weighted by Crippen LogP contribution is -2.48. The second-order valence-electron chi connectivity index (χ2n) is 5.74. The monoisotopic (exact) mass is 289 g/mol. The number of nitrogens with two attached hydrogens (primary N) is 2. The third-order valence-corrected chi connectivity index (χ3v) is 4.03. The lowest BCUT2D eigenvalue weighted by Gasteiger charge is -2.33. The van der Waals surface area contributed by atoms with E-state index in [-0.39, 0.29) is 12.3 Å². The summed E-state index contributed by atoms with van der Waals surface area (Å²) in [5.74, 6) is -0.0920. The first-order valence-electron chi connectivity index (χ1n) is 7.43. The van der Waals surface area contributed by atoms with Crippen molar-refractivity contribution in [3.63, 3.8) is 0 Å². The number of primary amides is 1. The minimum atomic E-state index is -0.798. The van der Waals surface area contributed by atoms with Gasteiger partial charge in [-0.1, -0.05) is 30.3 Å². The van der Waals surface area contributed by atoms with Crippen LogP contribution in [0.1, 0.15) is 24.8 Å². The third kappa shape index (κ3) is 4.56. The average Bonchev–Trinajstić information content (AvgIpc) is 2.47. The van der Waals surface area contributed by atoms with Gasteiger partial charge in [0.15, 0.2) is 0 Å². The number of benzene rings is 1. The van der Waals surface area contributed by atoms with Crippen LogP contribution in [-0.2, 0) is 16.0 Å². The average molecular weight is 289 g/mol. The van der Waals surface area contributed by atoms with E-state index in [2.05, 4.69) is 24.3 Å². The van der Waals surface area contributed by atoms with E-state index >= 15 is 0 Å². The normalized spacial score (nSPS) is 17.5. The van der Waals surface area contributed by atoms with Gasteiger partial charge in [0.1, 0.15) is 0 Å². The molecule has 1 aliphatic heterocycles. The van der Waals surface area contributed by atoms with Crippen molar-refractivity contribution in [2.45, 2.75) is 31.7 Å². The lowest BCUT2D eigenvalue weighted by molar-refractivity contribution is -0.135. The highest BCUT2D eigenvalue weighted by molar-refractivity contribution is 5.87. The van der Waals surface area contributed by atoms with Crippen LogP contribution in [0.2, 0.25) is 0 Å². The fraction of sp³-hybridized carbons (Fsp3) is 0.500. The highest BCUT2D eigenvalue weighted by Crippen LogP contribution is 2.22. The Labute approximate surface area is 125 Å². The predicted octanol–water partition coefficient (Wildman–Crippen LogP) is 0.670. The molecule has 1 heterocycles. The SMILES string of the molecule is NC(=O)CC(N)C(=O)N1CCC(Cc2ccccc2)CC1. The lowest BCUT2D eigenvalue weighted by atomic mass is 9.90. The molecule has 0 aromatic heterocycles. The van der Waals surface area contributed by atoms with E-state index in [1.54, 1.807) is 4.90 Å². The maximum Gasteiger partial charge on any atom is 0.240 e. The van der Waals surface area contributed by atoms with Gasteiger partial charge in [0.2, 0.25) is 11.8 Å². The molecule has 5 heteroatoms. The summed E-state index contributed by atoms with van der Waals surface area (Å²) in [6, 6.07) is 9.60. The maximum absolute atomic E-state index is 12.1. The Bertz CT molecular complexity index is 482. The van der Waals surface area contributed by atoms with E-state index in [9.17, 15) is 9.59 Å². The van der Waals surface area contributed by atoms with Crippen LogP contribution in [0.15, 0.2) is 30.3 Å². The van der Waals surface area contributed by atoms with Crippen molar-refractivity contribution in [3.8, 4) is 0 Å². The first kappa shape index (κ1) is 15.5. The molecule has 114 valence electrons. The number of likely N-dealkylation sites (tertiary alicyclic amines) is 1. The van der Waals surface area contributed by atoms with Gasteiger partial charge in [-0.25, -0.2) is 0 Å². The fourth-order valence-electron chi connectivity index (χ4n) is 2.84. The van der Waals surface area contributed by atoms with Gasteiger partial charge >= 0.3 is 0 Å². The minimum absolute atomic E-state index is 0.0806. The van der Waals surface area contributed by atoms with E-state index in [1.807, 2.05) is 6.07 Å². The van der Waals surface area contributed by atoms with Crippen molar-refractivity contribution >= 4 is 11.8 Å². The molecular formula is C16H23N3O2. The fourth-order valence-corrected chi connectivity index (χ4v) is 2.84. The summed E-state index contributed by atoms with van der Waals surface area (Å²) in [5.41, 5.74) is 12.1. The number of hydrogen-bond acceptors (Lipinski definition) is 3. The number of piperidine rings is 1. The Morgan fingerprint density at radius 2 is 1.81 bits per heavy atom. The van der Waals surface area contributed by atoms with Crippen LogP contribution >= 0.6 is 0 Å². The number of nitrogens with zero attached hydrogens (tertiary/aromatic N) is 1. The number of hydrogen-bond donors (Lipinski definition) is 2. The molecule has 2 amide bonds. The van der Waals surface area contributed by atoms with E-state index in [4.69, 9.17) is 11.5 Å². The molecule has 0 aliphatic carbocycles. The number of amides is 2. The molecule has 1 atom stereocenters. The molecule has 4 N–H and O–H groups in total. The van der Waals surface area contributed by atoms with Crippen LogP contribution in [0.3, 0.4) is 0 Å². The minimum Gasteiger partial charge on any atom is -0.370 e. The zero-order valence-electron chi connectivity index (χ0n) is 12.2. The van der Waals surface area contributed by atoms with E-state index < -0.39 is 11.9 Å². The Morgan fingerprint density at radius 3 is 2.38 bits per heavy atom.